The van der Waals surface area contributed by atoms with Crippen molar-refractivity contribution < 1.29 is 15.2 Å². The van der Waals surface area contributed by atoms with Crippen LogP contribution >= 0.6 is 0 Å². The number of aromatic nitrogens is 1. The van der Waals surface area contributed by atoms with E-state index in [4.69, 9.17) is 0 Å². The predicted molar refractivity (Wildman–Crippen MR) is 100 cm³/mol. The number of hydrogen-bond acceptors (Lipinski definition) is 3. The number of carboxylic acids is 1. The van der Waals surface area contributed by atoms with E-state index in [9.17, 15) is 9.90 Å². The van der Waals surface area contributed by atoms with Gasteiger partial charge in [-0.05, 0) is 58.9 Å². The highest BCUT2D eigenvalue weighted by molar-refractivity contribution is 5.97. The van der Waals surface area contributed by atoms with Crippen LogP contribution in [0.2, 0.25) is 0 Å². The van der Waals surface area contributed by atoms with Crippen LogP contribution in [-0.4, -0.2) is 33.2 Å². The van der Waals surface area contributed by atoms with Crippen molar-refractivity contribution in [1.82, 2.24) is 4.98 Å². The van der Waals surface area contributed by atoms with Crippen LogP contribution in [0.4, 0.5) is 5.69 Å². The molecule has 0 amide bonds. The Morgan fingerprint density at radius 3 is 2.44 bits per heavy atom. The molecule has 0 spiro atoms. The number of aromatic carboxylic acids is 1. The van der Waals surface area contributed by atoms with Crippen LogP contribution in [0.25, 0.3) is 10.9 Å². The summed E-state index contributed by atoms with van der Waals surface area (Å²) in [7, 11) is 0. The molecule has 134 valence electrons. The molecule has 3 rings (SSSR count). The summed E-state index contributed by atoms with van der Waals surface area (Å²) in [5, 5.41) is 16.4. The average molecular weight is 342 g/mol. The Morgan fingerprint density at radius 2 is 1.84 bits per heavy atom. The van der Waals surface area contributed by atoms with E-state index in [-0.39, 0.29) is 16.6 Å². The van der Waals surface area contributed by atoms with Crippen molar-refractivity contribution in [3.8, 4) is 0 Å². The fourth-order valence-corrected chi connectivity index (χ4v) is 4.45. The van der Waals surface area contributed by atoms with E-state index in [0.29, 0.717) is 6.04 Å². The minimum atomic E-state index is -0.925. The first-order chi connectivity index (χ1) is 11.5. The number of nitrogens with zero attached hydrogens (tertiary/aromatic N) is 1. The number of anilines is 1. The first kappa shape index (κ1) is 17.7. The molecule has 5 heteroatoms. The van der Waals surface area contributed by atoms with Gasteiger partial charge in [0, 0.05) is 35.7 Å². The highest BCUT2D eigenvalue weighted by atomic mass is 16.4. The van der Waals surface area contributed by atoms with Crippen LogP contribution in [0.5, 0.6) is 0 Å². The summed E-state index contributed by atoms with van der Waals surface area (Å²) in [6, 6.07) is 7.59. The van der Waals surface area contributed by atoms with Crippen LogP contribution in [0.3, 0.4) is 0 Å². The summed E-state index contributed by atoms with van der Waals surface area (Å²) in [6.45, 7) is 11.1. The molecule has 0 aliphatic carbocycles. The van der Waals surface area contributed by atoms with Crippen molar-refractivity contribution in [3.05, 3.63) is 35.5 Å². The third-order valence-electron chi connectivity index (χ3n) is 4.87. The molecule has 25 heavy (non-hydrogen) atoms. The zero-order valence-corrected chi connectivity index (χ0v) is 15.7. The SMILES string of the molecule is Cc1cc(NC2CC(C)(C)[NH2+]C(C)(C)C2)c2ccc(C(=O)O)cc2n1. The fourth-order valence-electron chi connectivity index (χ4n) is 4.45. The minimum absolute atomic E-state index is 0.188. The van der Waals surface area contributed by atoms with Crippen molar-refractivity contribution in [2.24, 2.45) is 0 Å². The lowest BCUT2D eigenvalue weighted by molar-refractivity contribution is -0.787. The molecule has 1 aliphatic rings. The average Bonchev–Trinajstić information content (AvgIpc) is 2.42. The molecule has 5 nitrogen and oxygen atoms in total. The highest BCUT2D eigenvalue weighted by Crippen LogP contribution is 2.29. The normalized spacial score (nSPS) is 19.7. The van der Waals surface area contributed by atoms with E-state index in [1.807, 2.05) is 13.0 Å². The summed E-state index contributed by atoms with van der Waals surface area (Å²) in [5.74, 6) is -0.925. The largest absolute Gasteiger partial charge is 0.478 e. The lowest BCUT2D eigenvalue weighted by Crippen LogP contribution is -3.06. The number of aryl methyl sites for hydroxylation is 1. The van der Waals surface area contributed by atoms with E-state index in [0.717, 1.165) is 35.1 Å². The summed E-state index contributed by atoms with van der Waals surface area (Å²) in [6.07, 6.45) is 2.15. The first-order valence-electron chi connectivity index (χ1n) is 8.83. The van der Waals surface area contributed by atoms with E-state index >= 15 is 0 Å². The van der Waals surface area contributed by atoms with Crippen molar-refractivity contribution in [2.75, 3.05) is 5.32 Å². The first-order valence-corrected chi connectivity index (χ1v) is 8.83. The number of nitrogens with two attached hydrogens (primary N) is 1. The van der Waals surface area contributed by atoms with Gasteiger partial charge in [-0.15, -0.1) is 0 Å². The lowest BCUT2D eigenvalue weighted by Gasteiger charge is -2.43. The van der Waals surface area contributed by atoms with Crippen molar-refractivity contribution in [2.45, 2.75) is 64.6 Å². The maximum atomic E-state index is 11.2. The van der Waals surface area contributed by atoms with E-state index in [2.05, 4.69) is 49.4 Å². The van der Waals surface area contributed by atoms with Gasteiger partial charge in [-0.1, -0.05) is 0 Å². The number of quaternary nitrogens is 1. The molecular formula is C20H28N3O2+. The van der Waals surface area contributed by atoms with Crippen LogP contribution in [-0.2, 0) is 0 Å². The highest BCUT2D eigenvalue weighted by Gasteiger charge is 2.41. The summed E-state index contributed by atoms with van der Waals surface area (Å²) in [4.78, 5) is 15.7. The maximum absolute atomic E-state index is 11.2. The molecule has 1 aromatic heterocycles. The van der Waals surface area contributed by atoms with Crippen LogP contribution in [0, 0.1) is 6.92 Å². The number of benzene rings is 1. The summed E-state index contributed by atoms with van der Waals surface area (Å²) >= 11 is 0. The summed E-state index contributed by atoms with van der Waals surface area (Å²) in [5.41, 5.74) is 3.30. The lowest BCUT2D eigenvalue weighted by atomic mass is 9.79. The molecule has 0 bridgehead atoms. The van der Waals surface area contributed by atoms with Gasteiger partial charge < -0.3 is 15.7 Å². The van der Waals surface area contributed by atoms with Crippen molar-refractivity contribution >= 4 is 22.6 Å². The predicted octanol–water partition coefficient (Wildman–Crippen LogP) is 2.94. The Morgan fingerprint density at radius 1 is 1.20 bits per heavy atom. The zero-order chi connectivity index (χ0) is 18.4. The summed E-state index contributed by atoms with van der Waals surface area (Å²) < 4.78 is 0. The molecule has 1 aliphatic heterocycles. The third kappa shape index (κ3) is 3.93. The number of carboxylic acid groups (broad SMARTS) is 1. The molecule has 0 saturated carbocycles. The third-order valence-corrected chi connectivity index (χ3v) is 4.87. The standard InChI is InChI=1S/C20H27N3O2/c1-12-8-16(15-7-6-13(18(24)25)9-17(15)21-12)22-14-10-19(2,3)23-20(4,5)11-14/h6-9,14,23H,10-11H2,1-5H3,(H,21,22)(H,24,25)/p+1. The Bertz CT molecular complexity index is 811. The Hall–Kier alpha value is -2.14. The molecule has 0 unspecified atom stereocenters. The van der Waals surface area contributed by atoms with E-state index < -0.39 is 5.97 Å². The Kier molecular flexibility index (Phi) is 4.23. The van der Waals surface area contributed by atoms with E-state index in [1.165, 1.54) is 0 Å². The van der Waals surface area contributed by atoms with Crippen LogP contribution in [0.15, 0.2) is 24.3 Å². The van der Waals surface area contributed by atoms with Crippen LogP contribution in [0.1, 0.15) is 56.6 Å². The maximum Gasteiger partial charge on any atom is 0.335 e. The second-order valence-corrected chi connectivity index (χ2v) is 8.72. The molecule has 2 heterocycles. The minimum Gasteiger partial charge on any atom is -0.478 e. The van der Waals surface area contributed by atoms with Gasteiger partial charge in [-0.3, -0.25) is 4.98 Å². The van der Waals surface area contributed by atoms with Gasteiger partial charge in [-0.2, -0.15) is 0 Å². The topological polar surface area (TPSA) is 78.8 Å². The van der Waals surface area contributed by atoms with Gasteiger partial charge in [0.25, 0.3) is 0 Å². The number of rotatable bonds is 3. The molecule has 2 aromatic rings. The fraction of sp³-hybridized carbons (Fsp3) is 0.500. The quantitative estimate of drug-likeness (QED) is 0.801. The second kappa shape index (κ2) is 5.99. The number of piperidine rings is 1. The van der Waals surface area contributed by atoms with E-state index in [1.54, 1.807) is 12.1 Å². The number of fused-ring (bicyclic) bond motifs is 1. The molecular weight excluding hydrogens is 314 g/mol. The molecule has 0 radical (unpaired) electrons. The van der Waals surface area contributed by atoms with Gasteiger partial charge in [-0.25, -0.2) is 4.79 Å². The van der Waals surface area contributed by atoms with Gasteiger partial charge in [0.1, 0.15) is 0 Å². The molecule has 0 atom stereocenters. The van der Waals surface area contributed by atoms with Crippen LogP contribution < -0.4 is 10.6 Å². The molecule has 1 saturated heterocycles. The smallest absolute Gasteiger partial charge is 0.335 e. The zero-order valence-electron chi connectivity index (χ0n) is 15.7. The second-order valence-electron chi connectivity index (χ2n) is 8.72. The van der Waals surface area contributed by atoms with Gasteiger partial charge in [0.05, 0.1) is 22.2 Å². The van der Waals surface area contributed by atoms with Gasteiger partial charge in [0.15, 0.2) is 0 Å². The van der Waals surface area contributed by atoms with Gasteiger partial charge in [0.2, 0.25) is 0 Å². The van der Waals surface area contributed by atoms with Gasteiger partial charge >= 0.3 is 5.97 Å². The Balaban J connectivity index is 1.97. The molecule has 1 fully saturated rings. The monoisotopic (exact) mass is 342 g/mol. The Labute approximate surface area is 148 Å². The van der Waals surface area contributed by atoms with Crippen molar-refractivity contribution in [1.29, 1.82) is 0 Å². The molecule has 1 aromatic carbocycles. The number of hydrogen-bond donors (Lipinski definition) is 3. The van der Waals surface area contributed by atoms with Crippen molar-refractivity contribution in [3.63, 3.8) is 0 Å². The number of pyridine rings is 1. The number of nitrogens with one attached hydrogen (secondary N) is 1. The number of carbonyl (C=O) groups is 1. The molecule has 4 N–H and O–H groups in total.